The zero-order valence-electron chi connectivity index (χ0n) is 21.2. The van der Waals surface area contributed by atoms with Crippen LogP contribution in [0.15, 0.2) is 0 Å². The standard InChI is InChI=1S/C26H48N2O6/c1-2-3-16-21-27-23(29)20-19-22(26(33)34)28-24(30)17-14-12-10-8-6-4-5-7-9-11-13-15-18-25(31)32/h22H,2-21H2,1H3,(H,27,29)(H,28,30)(H,31,32)(H,33,34). The molecule has 198 valence electrons. The number of carboxylic acids is 2. The van der Waals surface area contributed by atoms with Crippen LogP contribution >= 0.6 is 0 Å². The van der Waals surface area contributed by atoms with Crippen molar-refractivity contribution in [1.29, 1.82) is 0 Å². The van der Waals surface area contributed by atoms with E-state index in [1.807, 2.05) is 0 Å². The van der Waals surface area contributed by atoms with Crippen LogP contribution in [0.2, 0.25) is 0 Å². The molecule has 0 aromatic heterocycles. The summed E-state index contributed by atoms with van der Waals surface area (Å²) in [4.78, 5) is 45.7. The van der Waals surface area contributed by atoms with Gasteiger partial charge in [0.1, 0.15) is 6.04 Å². The van der Waals surface area contributed by atoms with Gasteiger partial charge < -0.3 is 20.8 Å². The van der Waals surface area contributed by atoms with Crippen LogP contribution in [0.1, 0.15) is 129 Å². The lowest BCUT2D eigenvalue weighted by atomic mass is 10.0. The van der Waals surface area contributed by atoms with Gasteiger partial charge in [0, 0.05) is 25.8 Å². The van der Waals surface area contributed by atoms with Crippen molar-refractivity contribution < 1.29 is 29.4 Å². The second-order valence-corrected chi connectivity index (χ2v) is 9.19. The molecule has 0 bridgehead atoms. The van der Waals surface area contributed by atoms with E-state index in [0.717, 1.165) is 64.2 Å². The summed E-state index contributed by atoms with van der Waals surface area (Å²) < 4.78 is 0. The van der Waals surface area contributed by atoms with E-state index in [1.54, 1.807) is 0 Å². The van der Waals surface area contributed by atoms with Gasteiger partial charge in [-0.05, 0) is 25.7 Å². The minimum absolute atomic E-state index is 0.0914. The third-order valence-electron chi connectivity index (χ3n) is 5.94. The first kappa shape index (κ1) is 31.9. The van der Waals surface area contributed by atoms with Gasteiger partial charge in [0.15, 0.2) is 0 Å². The van der Waals surface area contributed by atoms with Crippen LogP contribution in [0, 0.1) is 0 Å². The normalized spacial score (nSPS) is 11.7. The SMILES string of the molecule is CCCCCNC(=O)CCC(NC(=O)CCCCCCCCCCCCCCC(=O)O)C(=O)O. The van der Waals surface area contributed by atoms with E-state index in [-0.39, 0.29) is 31.1 Å². The molecule has 0 rings (SSSR count). The van der Waals surface area contributed by atoms with Crippen LogP contribution in [0.5, 0.6) is 0 Å². The van der Waals surface area contributed by atoms with Crippen molar-refractivity contribution in [3.8, 4) is 0 Å². The second kappa shape index (κ2) is 22.7. The quantitative estimate of drug-likeness (QED) is 0.139. The monoisotopic (exact) mass is 484 g/mol. The predicted octanol–water partition coefficient (Wildman–Crippen LogP) is 5.19. The van der Waals surface area contributed by atoms with Crippen LogP contribution in [0.3, 0.4) is 0 Å². The largest absolute Gasteiger partial charge is 0.481 e. The second-order valence-electron chi connectivity index (χ2n) is 9.19. The third kappa shape index (κ3) is 21.7. The van der Waals surface area contributed by atoms with Gasteiger partial charge in [-0.3, -0.25) is 14.4 Å². The zero-order chi connectivity index (χ0) is 25.4. The summed E-state index contributed by atoms with van der Waals surface area (Å²) in [6.45, 7) is 2.69. The molecular weight excluding hydrogens is 436 g/mol. The average molecular weight is 485 g/mol. The van der Waals surface area contributed by atoms with Gasteiger partial charge in [0.2, 0.25) is 11.8 Å². The highest BCUT2D eigenvalue weighted by atomic mass is 16.4. The molecule has 0 aliphatic carbocycles. The average Bonchev–Trinajstić information content (AvgIpc) is 2.79. The smallest absolute Gasteiger partial charge is 0.326 e. The Balaban J connectivity index is 3.66. The topological polar surface area (TPSA) is 133 Å². The number of hydrogen-bond acceptors (Lipinski definition) is 4. The van der Waals surface area contributed by atoms with Gasteiger partial charge in [-0.2, -0.15) is 0 Å². The van der Waals surface area contributed by atoms with E-state index in [9.17, 15) is 24.3 Å². The van der Waals surface area contributed by atoms with Crippen molar-refractivity contribution in [3.05, 3.63) is 0 Å². The van der Waals surface area contributed by atoms with Crippen LogP contribution in [0.25, 0.3) is 0 Å². The molecule has 1 unspecified atom stereocenters. The van der Waals surface area contributed by atoms with Crippen molar-refractivity contribution in [2.45, 2.75) is 135 Å². The Morgan fingerprint density at radius 2 is 1.12 bits per heavy atom. The number of nitrogens with one attached hydrogen (secondary N) is 2. The molecule has 0 aliphatic rings. The molecule has 0 saturated heterocycles. The van der Waals surface area contributed by atoms with Crippen molar-refractivity contribution in [1.82, 2.24) is 10.6 Å². The van der Waals surface area contributed by atoms with E-state index >= 15 is 0 Å². The molecule has 2 amide bonds. The highest BCUT2D eigenvalue weighted by Crippen LogP contribution is 2.13. The predicted molar refractivity (Wildman–Crippen MR) is 134 cm³/mol. The van der Waals surface area contributed by atoms with Crippen LogP contribution in [0.4, 0.5) is 0 Å². The molecule has 0 fully saturated rings. The number of carboxylic acid groups (broad SMARTS) is 2. The van der Waals surface area contributed by atoms with Crippen molar-refractivity contribution >= 4 is 23.8 Å². The fourth-order valence-corrected chi connectivity index (χ4v) is 3.82. The molecule has 0 radical (unpaired) electrons. The molecule has 0 aromatic rings. The van der Waals surface area contributed by atoms with E-state index in [2.05, 4.69) is 17.6 Å². The molecule has 1 atom stereocenters. The first-order valence-electron chi connectivity index (χ1n) is 13.4. The summed E-state index contributed by atoms with van der Waals surface area (Å²) in [5.74, 6) is -2.25. The van der Waals surface area contributed by atoms with Crippen molar-refractivity contribution in [3.63, 3.8) is 0 Å². The first-order valence-corrected chi connectivity index (χ1v) is 13.4. The number of amides is 2. The minimum atomic E-state index is -1.10. The molecule has 34 heavy (non-hydrogen) atoms. The highest BCUT2D eigenvalue weighted by Gasteiger charge is 2.20. The third-order valence-corrected chi connectivity index (χ3v) is 5.94. The number of carbonyl (C=O) groups is 4. The molecular formula is C26H48N2O6. The molecule has 4 N–H and O–H groups in total. The summed E-state index contributed by atoms with van der Waals surface area (Å²) in [5, 5.41) is 23.2. The van der Waals surface area contributed by atoms with Gasteiger partial charge in [-0.15, -0.1) is 0 Å². The molecule has 0 saturated carbocycles. The van der Waals surface area contributed by atoms with Crippen molar-refractivity contribution in [2.75, 3.05) is 6.54 Å². The summed E-state index contributed by atoms with van der Waals surface area (Å²) in [7, 11) is 0. The summed E-state index contributed by atoms with van der Waals surface area (Å²) in [6, 6.07) is -1.02. The Morgan fingerprint density at radius 3 is 1.59 bits per heavy atom. The summed E-state index contributed by atoms with van der Waals surface area (Å²) >= 11 is 0. The zero-order valence-corrected chi connectivity index (χ0v) is 21.2. The van der Waals surface area contributed by atoms with E-state index < -0.39 is 18.0 Å². The lowest BCUT2D eigenvalue weighted by Crippen LogP contribution is -2.41. The van der Waals surface area contributed by atoms with Crippen LogP contribution in [-0.4, -0.2) is 46.6 Å². The maximum Gasteiger partial charge on any atom is 0.326 e. The fraction of sp³-hybridized carbons (Fsp3) is 0.846. The van der Waals surface area contributed by atoms with Gasteiger partial charge >= 0.3 is 11.9 Å². The van der Waals surface area contributed by atoms with Gasteiger partial charge in [-0.25, -0.2) is 4.79 Å². The number of aliphatic carboxylic acids is 2. The Bertz CT molecular complexity index is 567. The first-order chi connectivity index (χ1) is 16.4. The van der Waals surface area contributed by atoms with Crippen molar-refractivity contribution in [2.24, 2.45) is 0 Å². The Kier molecular flexibility index (Phi) is 21.2. The Morgan fingerprint density at radius 1 is 0.618 bits per heavy atom. The number of carbonyl (C=O) groups excluding carboxylic acids is 2. The summed E-state index contributed by atoms with van der Waals surface area (Å²) in [6.07, 6.45) is 16.6. The van der Waals surface area contributed by atoms with Gasteiger partial charge in [0.25, 0.3) is 0 Å². The van der Waals surface area contributed by atoms with E-state index in [4.69, 9.17) is 5.11 Å². The van der Waals surface area contributed by atoms with Crippen LogP contribution < -0.4 is 10.6 Å². The molecule has 0 aromatic carbocycles. The Hall–Kier alpha value is -2.12. The molecule has 0 aliphatic heterocycles. The number of rotatable bonds is 24. The maximum atomic E-state index is 12.1. The molecule has 0 spiro atoms. The molecule has 8 nitrogen and oxygen atoms in total. The maximum absolute atomic E-state index is 12.1. The summed E-state index contributed by atoms with van der Waals surface area (Å²) in [5.41, 5.74) is 0. The minimum Gasteiger partial charge on any atom is -0.481 e. The highest BCUT2D eigenvalue weighted by molar-refractivity contribution is 5.84. The van der Waals surface area contributed by atoms with Gasteiger partial charge in [0.05, 0.1) is 0 Å². The number of hydrogen-bond donors (Lipinski definition) is 4. The van der Waals surface area contributed by atoms with E-state index in [0.29, 0.717) is 13.0 Å². The number of unbranched alkanes of at least 4 members (excludes halogenated alkanes) is 13. The Labute approximate surface area is 205 Å². The van der Waals surface area contributed by atoms with Gasteiger partial charge in [-0.1, -0.05) is 84.0 Å². The molecule has 8 heteroatoms. The molecule has 0 heterocycles. The lowest BCUT2D eigenvalue weighted by Gasteiger charge is -2.14. The van der Waals surface area contributed by atoms with E-state index in [1.165, 1.54) is 32.1 Å². The lowest BCUT2D eigenvalue weighted by molar-refractivity contribution is -0.142. The fourth-order valence-electron chi connectivity index (χ4n) is 3.82. The van der Waals surface area contributed by atoms with Crippen LogP contribution in [-0.2, 0) is 19.2 Å².